The third-order valence-electron chi connectivity index (χ3n) is 5.93. The molecule has 3 aromatic heterocycles. The van der Waals surface area contributed by atoms with Crippen LogP contribution in [0.4, 0.5) is 11.8 Å². The van der Waals surface area contributed by atoms with Crippen LogP contribution in [0.3, 0.4) is 0 Å². The third-order valence-corrected chi connectivity index (χ3v) is 5.93. The van der Waals surface area contributed by atoms with Gasteiger partial charge < -0.3 is 14.8 Å². The maximum Gasteiger partial charge on any atom is 0.263 e. The number of nitrogens with one attached hydrogen (secondary N) is 1. The first-order valence-electron chi connectivity index (χ1n) is 10.8. The lowest BCUT2D eigenvalue weighted by Gasteiger charge is -2.25. The van der Waals surface area contributed by atoms with Crippen molar-refractivity contribution in [3.63, 3.8) is 0 Å². The van der Waals surface area contributed by atoms with Crippen LogP contribution in [0.25, 0.3) is 0 Å². The predicted molar refractivity (Wildman–Crippen MR) is 123 cm³/mol. The minimum absolute atomic E-state index is 0.185. The maximum atomic E-state index is 13.4. The molecular weight excluding hydrogens is 404 g/mol. The zero-order valence-electron chi connectivity index (χ0n) is 19.1. The Bertz CT molecular complexity index is 1230. The van der Waals surface area contributed by atoms with E-state index in [1.807, 2.05) is 58.0 Å². The van der Waals surface area contributed by atoms with Gasteiger partial charge in [-0.1, -0.05) is 6.07 Å². The Kier molecular flexibility index (Phi) is 5.78. The monoisotopic (exact) mass is 432 g/mol. The molecule has 1 aliphatic rings. The summed E-state index contributed by atoms with van der Waals surface area (Å²) in [5, 5.41) is 3.17. The van der Waals surface area contributed by atoms with Crippen LogP contribution >= 0.6 is 0 Å². The van der Waals surface area contributed by atoms with Crippen LogP contribution < -0.4 is 10.9 Å². The molecule has 166 valence electrons. The second kappa shape index (κ2) is 8.53. The first-order valence-corrected chi connectivity index (χ1v) is 10.8. The summed E-state index contributed by atoms with van der Waals surface area (Å²) < 4.78 is 1.53. The lowest BCUT2D eigenvalue weighted by atomic mass is 10.1. The van der Waals surface area contributed by atoms with Crippen molar-refractivity contribution in [3.05, 3.63) is 74.6 Å². The number of amides is 1. The first kappa shape index (κ1) is 21.7. The number of aromatic nitrogens is 4. The number of likely N-dealkylation sites (tertiary alicyclic amines) is 1. The van der Waals surface area contributed by atoms with E-state index in [9.17, 15) is 9.59 Å². The molecule has 4 rings (SSSR count). The van der Waals surface area contributed by atoms with Crippen molar-refractivity contribution in [3.8, 4) is 0 Å². The van der Waals surface area contributed by atoms with E-state index < -0.39 is 0 Å². The van der Waals surface area contributed by atoms with Crippen molar-refractivity contribution in [2.45, 2.75) is 46.6 Å². The van der Waals surface area contributed by atoms with E-state index in [1.54, 1.807) is 11.9 Å². The molecule has 3 aromatic rings. The van der Waals surface area contributed by atoms with Crippen LogP contribution in [-0.2, 0) is 7.05 Å². The van der Waals surface area contributed by atoms with Gasteiger partial charge in [0.25, 0.3) is 11.5 Å². The van der Waals surface area contributed by atoms with Crippen LogP contribution in [0.15, 0.2) is 35.1 Å². The molecule has 0 saturated carbocycles. The molecule has 1 fully saturated rings. The minimum atomic E-state index is -0.256. The summed E-state index contributed by atoms with van der Waals surface area (Å²) in [6.07, 6.45) is 1.66. The smallest absolute Gasteiger partial charge is 0.263 e. The van der Waals surface area contributed by atoms with Gasteiger partial charge in [-0.2, -0.15) is 0 Å². The number of aryl methyl sites for hydroxylation is 4. The average Bonchev–Trinajstić information content (AvgIpc) is 3.21. The summed E-state index contributed by atoms with van der Waals surface area (Å²) in [6, 6.07) is 9.29. The zero-order valence-corrected chi connectivity index (χ0v) is 19.1. The van der Waals surface area contributed by atoms with E-state index in [2.05, 4.69) is 15.3 Å². The molecule has 4 heterocycles. The Morgan fingerprint density at radius 2 is 1.78 bits per heavy atom. The van der Waals surface area contributed by atoms with E-state index in [1.165, 1.54) is 4.57 Å². The zero-order chi connectivity index (χ0) is 23.0. The topological polar surface area (TPSA) is 93.0 Å². The average molecular weight is 433 g/mol. The molecule has 1 atom stereocenters. The first-order chi connectivity index (χ1) is 15.2. The highest BCUT2D eigenvalue weighted by atomic mass is 16.2. The largest absolute Gasteiger partial charge is 0.330 e. The third kappa shape index (κ3) is 4.12. The lowest BCUT2D eigenvalue weighted by molar-refractivity contribution is 0.0729. The molecule has 0 bridgehead atoms. The molecule has 1 saturated heterocycles. The lowest BCUT2D eigenvalue weighted by Crippen LogP contribution is -2.37. The van der Waals surface area contributed by atoms with Crippen molar-refractivity contribution in [2.24, 2.45) is 7.05 Å². The van der Waals surface area contributed by atoms with Gasteiger partial charge in [0.2, 0.25) is 5.95 Å². The standard InChI is InChI=1S/C24H28N6O2/c1-14-12-17(4)29(5)22(31)21(14)23(32)30-11-7-9-19(30)18-8-6-10-20(27-18)28-24-25-15(2)13-16(3)26-24/h6,8,10,12-13,19H,7,9,11H2,1-5H3,(H,25,26,27,28). The molecule has 8 heteroatoms. The van der Waals surface area contributed by atoms with E-state index in [-0.39, 0.29) is 23.1 Å². The Hall–Kier alpha value is -3.55. The van der Waals surface area contributed by atoms with Crippen LogP contribution in [0.1, 0.15) is 57.6 Å². The molecular formula is C24H28N6O2. The van der Waals surface area contributed by atoms with Crippen LogP contribution in [0.2, 0.25) is 0 Å². The SMILES string of the molecule is Cc1cc(C)nc(Nc2cccc(C3CCCN3C(=O)c3c(C)cc(C)n(C)c3=O)n2)n1. The molecule has 0 spiro atoms. The fourth-order valence-corrected chi connectivity index (χ4v) is 4.30. The van der Waals surface area contributed by atoms with E-state index in [0.717, 1.165) is 35.6 Å². The fraction of sp³-hybridized carbons (Fsp3) is 0.375. The molecule has 0 aromatic carbocycles. The van der Waals surface area contributed by atoms with Gasteiger partial charge in [-0.05, 0) is 70.4 Å². The highest BCUT2D eigenvalue weighted by molar-refractivity contribution is 5.95. The van der Waals surface area contributed by atoms with Crippen molar-refractivity contribution in [2.75, 3.05) is 11.9 Å². The second-order valence-corrected chi connectivity index (χ2v) is 8.41. The fourth-order valence-electron chi connectivity index (χ4n) is 4.30. The van der Waals surface area contributed by atoms with Crippen LogP contribution in [-0.4, -0.2) is 36.9 Å². The number of hydrogen-bond donors (Lipinski definition) is 1. The van der Waals surface area contributed by atoms with Crippen molar-refractivity contribution < 1.29 is 4.79 Å². The molecule has 1 unspecified atom stereocenters. The van der Waals surface area contributed by atoms with Gasteiger partial charge in [0.15, 0.2) is 0 Å². The number of hydrogen-bond acceptors (Lipinski definition) is 6. The number of anilines is 2. The number of pyridine rings is 2. The van der Waals surface area contributed by atoms with Crippen LogP contribution in [0, 0.1) is 27.7 Å². The quantitative estimate of drug-likeness (QED) is 0.678. The summed E-state index contributed by atoms with van der Waals surface area (Å²) in [5.74, 6) is 0.878. The summed E-state index contributed by atoms with van der Waals surface area (Å²) >= 11 is 0. The Labute approximate surface area is 187 Å². The molecule has 8 nitrogen and oxygen atoms in total. The molecule has 0 radical (unpaired) electrons. The van der Waals surface area contributed by atoms with Crippen molar-refractivity contribution >= 4 is 17.7 Å². The second-order valence-electron chi connectivity index (χ2n) is 8.41. The normalized spacial score (nSPS) is 15.8. The van der Waals surface area contributed by atoms with Gasteiger partial charge in [0, 0.05) is 30.7 Å². The van der Waals surface area contributed by atoms with Crippen molar-refractivity contribution in [1.82, 2.24) is 24.4 Å². The summed E-state index contributed by atoms with van der Waals surface area (Å²) in [6.45, 7) is 8.12. The molecule has 1 aliphatic heterocycles. The summed E-state index contributed by atoms with van der Waals surface area (Å²) in [4.78, 5) is 41.6. The van der Waals surface area contributed by atoms with Gasteiger partial charge in [0.05, 0.1) is 11.7 Å². The molecule has 1 amide bonds. The number of carbonyl (C=O) groups excluding carboxylic acids is 1. The summed E-state index contributed by atoms with van der Waals surface area (Å²) in [7, 11) is 1.70. The number of rotatable bonds is 4. The molecule has 32 heavy (non-hydrogen) atoms. The number of carbonyl (C=O) groups is 1. The van der Waals surface area contributed by atoms with E-state index in [4.69, 9.17) is 4.98 Å². The van der Waals surface area contributed by atoms with E-state index >= 15 is 0 Å². The van der Waals surface area contributed by atoms with Gasteiger partial charge >= 0.3 is 0 Å². The van der Waals surface area contributed by atoms with E-state index in [0.29, 0.717) is 23.9 Å². The highest BCUT2D eigenvalue weighted by Crippen LogP contribution is 2.33. The van der Waals surface area contributed by atoms with Crippen LogP contribution in [0.5, 0.6) is 0 Å². The summed E-state index contributed by atoms with van der Waals surface area (Å²) in [5.41, 5.74) is 4.05. The Balaban J connectivity index is 1.63. The predicted octanol–water partition coefficient (Wildman–Crippen LogP) is 3.52. The van der Waals surface area contributed by atoms with Crippen molar-refractivity contribution in [1.29, 1.82) is 0 Å². The Morgan fingerprint density at radius 1 is 1.06 bits per heavy atom. The molecule has 0 aliphatic carbocycles. The van der Waals surface area contributed by atoms with Gasteiger partial charge in [-0.25, -0.2) is 15.0 Å². The van der Waals surface area contributed by atoms with Gasteiger partial charge in [0.1, 0.15) is 11.4 Å². The van der Waals surface area contributed by atoms with Gasteiger partial charge in [-0.3, -0.25) is 9.59 Å². The molecule has 1 N–H and O–H groups in total. The van der Waals surface area contributed by atoms with Gasteiger partial charge in [-0.15, -0.1) is 0 Å². The maximum absolute atomic E-state index is 13.4. The number of nitrogens with zero attached hydrogens (tertiary/aromatic N) is 5. The Morgan fingerprint density at radius 3 is 2.50 bits per heavy atom. The minimum Gasteiger partial charge on any atom is -0.330 e. The highest BCUT2D eigenvalue weighted by Gasteiger charge is 2.33.